The molecule has 0 radical (unpaired) electrons. The molecule has 2 aromatic heterocycles. The first kappa shape index (κ1) is 10.8. The molecule has 0 saturated carbocycles. The van der Waals surface area contributed by atoms with Gasteiger partial charge in [-0.1, -0.05) is 5.21 Å². The van der Waals surface area contributed by atoms with Gasteiger partial charge >= 0.3 is 0 Å². The highest BCUT2D eigenvalue weighted by Gasteiger charge is 1.98. The molecule has 0 spiro atoms. The highest BCUT2D eigenvalue weighted by Crippen LogP contribution is 1.93. The Bertz CT molecular complexity index is 405. The number of rotatable bonds is 6. The summed E-state index contributed by atoms with van der Waals surface area (Å²) in [6, 6.07) is 1.94. The minimum Gasteiger partial charge on any atom is -0.311 e. The molecule has 0 amide bonds. The second kappa shape index (κ2) is 5.41. The molecule has 2 aromatic rings. The molecule has 0 aliphatic heterocycles. The molecule has 0 aromatic carbocycles. The van der Waals surface area contributed by atoms with E-state index in [1.807, 2.05) is 24.0 Å². The van der Waals surface area contributed by atoms with Crippen molar-refractivity contribution in [2.45, 2.75) is 19.5 Å². The summed E-state index contributed by atoms with van der Waals surface area (Å²) >= 11 is 0. The predicted octanol–water partition coefficient (Wildman–Crippen LogP) is 0.191. The van der Waals surface area contributed by atoms with E-state index in [4.69, 9.17) is 0 Å². The van der Waals surface area contributed by atoms with Crippen molar-refractivity contribution in [3.8, 4) is 0 Å². The van der Waals surface area contributed by atoms with Gasteiger partial charge in [-0.2, -0.15) is 5.10 Å². The fourth-order valence-corrected chi connectivity index (χ4v) is 1.49. The lowest BCUT2D eigenvalue weighted by Crippen LogP contribution is -2.18. The number of nitrogens with one attached hydrogen (secondary N) is 1. The first-order valence-corrected chi connectivity index (χ1v) is 5.38. The summed E-state index contributed by atoms with van der Waals surface area (Å²) in [5.41, 5.74) is 1.10. The van der Waals surface area contributed by atoms with Gasteiger partial charge in [0.1, 0.15) is 0 Å². The van der Waals surface area contributed by atoms with Crippen molar-refractivity contribution < 1.29 is 0 Å². The van der Waals surface area contributed by atoms with E-state index in [9.17, 15) is 0 Å². The molecule has 0 aliphatic rings. The van der Waals surface area contributed by atoms with Crippen molar-refractivity contribution in [3.63, 3.8) is 0 Å². The van der Waals surface area contributed by atoms with Crippen LogP contribution in [-0.4, -0.2) is 31.3 Å². The molecular weight excluding hydrogens is 204 g/mol. The van der Waals surface area contributed by atoms with Crippen molar-refractivity contribution in [1.82, 2.24) is 30.1 Å². The van der Waals surface area contributed by atoms with Crippen molar-refractivity contribution in [1.29, 1.82) is 0 Å². The lowest BCUT2D eigenvalue weighted by atomic mass is 10.4. The summed E-state index contributed by atoms with van der Waals surface area (Å²) in [6.45, 7) is 2.72. The van der Waals surface area contributed by atoms with Crippen molar-refractivity contribution >= 4 is 0 Å². The number of aromatic nitrogens is 5. The van der Waals surface area contributed by atoms with Gasteiger partial charge in [0, 0.05) is 32.5 Å². The third-order valence-electron chi connectivity index (χ3n) is 2.41. The normalized spacial score (nSPS) is 10.8. The maximum atomic E-state index is 4.14. The average molecular weight is 220 g/mol. The Morgan fingerprint density at radius 2 is 2.38 bits per heavy atom. The van der Waals surface area contributed by atoms with E-state index in [0.717, 1.165) is 31.7 Å². The summed E-state index contributed by atoms with van der Waals surface area (Å²) in [4.78, 5) is 0. The van der Waals surface area contributed by atoms with Crippen LogP contribution in [0.15, 0.2) is 24.7 Å². The van der Waals surface area contributed by atoms with Crippen molar-refractivity contribution in [3.05, 3.63) is 30.4 Å². The van der Waals surface area contributed by atoms with Gasteiger partial charge in [0.15, 0.2) is 0 Å². The third-order valence-corrected chi connectivity index (χ3v) is 2.41. The van der Waals surface area contributed by atoms with Gasteiger partial charge < -0.3 is 5.32 Å². The highest BCUT2D eigenvalue weighted by atomic mass is 15.4. The van der Waals surface area contributed by atoms with Crippen LogP contribution in [0.3, 0.4) is 0 Å². The molecule has 0 bridgehead atoms. The number of hydrogen-bond donors (Lipinski definition) is 1. The molecule has 16 heavy (non-hydrogen) atoms. The summed E-state index contributed by atoms with van der Waals surface area (Å²) in [5.74, 6) is 0. The fourth-order valence-electron chi connectivity index (χ4n) is 1.49. The molecular formula is C10H16N6. The topological polar surface area (TPSA) is 60.6 Å². The van der Waals surface area contributed by atoms with E-state index in [1.54, 1.807) is 17.1 Å². The molecule has 2 heterocycles. The highest BCUT2D eigenvalue weighted by molar-refractivity contribution is 4.91. The van der Waals surface area contributed by atoms with Crippen molar-refractivity contribution in [2.24, 2.45) is 7.05 Å². The average Bonchev–Trinajstić information content (AvgIpc) is 2.90. The van der Waals surface area contributed by atoms with Crippen LogP contribution < -0.4 is 5.32 Å². The molecule has 6 heteroatoms. The molecule has 2 rings (SSSR count). The first-order valence-electron chi connectivity index (χ1n) is 5.38. The molecule has 6 nitrogen and oxygen atoms in total. The molecule has 86 valence electrons. The standard InChI is InChI=1S/C10H16N6/c1-15-10(9-12-14-15)8-11-4-2-6-16-7-3-5-13-16/h3,5,7,9,11H,2,4,6,8H2,1H3. The zero-order chi connectivity index (χ0) is 11.2. The van der Waals surface area contributed by atoms with E-state index in [2.05, 4.69) is 20.7 Å². The van der Waals surface area contributed by atoms with Gasteiger partial charge in [0.2, 0.25) is 0 Å². The van der Waals surface area contributed by atoms with Crippen LogP contribution in [-0.2, 0) is 20.1 Å². The van der Waals surface area contributed by atoms with Crippen molar-refractivity contribution in [2.75, 3.05) is 6.54 Å². The van der Waals surface area contributed by atoms with E-state index >= 15 is 0 Å². The molecule has 0 aliphatic carbocycles. The molecule has 0 saturated heterocycles. The van der Waals surface area contributed by atoms with Gasteiger partial charge in [0.25, 0.3) is 0 Å². The Morgan fingerprint density at radius 1 is 1.44 bits per heavy atom. The van der Waals surface area contributed by atoms with E-state index in [-0.39, 0.29) is 0 Å². The second-order valence-electron chi connectivity index (χ2n) is 3.65. The zero-order valence-corrected chi connectivity index (χ0v) is 9.37. The molecule has 0 fully saturated rings. The molecule has 0 unspecified atom stereocenters. The van der Waals surface area contributed by atoms with Crippen LogP contribution in [0.1, 0.15) is 12.1 Å². The van der Waals surface area contributed by atoms with Gasteiger partial charge in [0.05, 0.1) is 11.9 Å². The fraction of sp³-hybridized carbons (Fsp3) is 0.500. The SMILES string of the molecule is Cn1nncc1CNCCCn1cccn1. The number of aryl methyl sites for hydroxylation is 2. The molecule has 1 N–H and O–H groups in total. The maximum Gasteiger partial charge on any atom is 0.0738 e. The van der Waals surface area contributed by atoms with Crippen LogP contribution in [0.4, 0.5) is 0 Å². The monoisotopic (exact) mass is 220 g/mol. The minimum absolute atomic E-state index is 0.808. The Morgan fingerprint density at radius 3 is 3.06 bits per heavy atom. The summed E-state index contributed by atoms with van der Waals surface area (Å²) in [5, 5.41) is 15.2. The second-order valence-corrected chi connectivity index (χ2v) is 3.65. The Balaban J connectivity index is 1.61. The summed E-state index contributed by atoms with van der Waals surface area (Å²) in [7, 11) is 1.90. The van der Waals surface area contributed by atoms with E-state index in [0.29, 0.717) is 0 Å². The van der Waals surface area contributed by atoms with Crippen LogP contribution in [0.25, 0.3) is 0 Å². The van der Waals surface area contributed by atoms with Gasteiger partial charge in [-0.3, -0.25) is 9.36 Å². The van der Waals surface area contributed by atoms with E-state index in [1.165, 1.54) is 0 Å². The van der Waals surface area contributed by atoms with Crippen LogP contribution in [0, 0.1) is 0 Å². The minimum atomic E-state index is 0.808. The molecule has 0 atom stereocenters. The lowest BCUT2D eigenvalue weighted by molar-refractivity contribution is 0.534. The number of hydrogen-bond acceptors (Lipinski definition) is 4. The number of nitrogens with zero attached hydrogens (tertiary/aromatic N) is 5. The zero-order valence-electron chi connectivity index (χ0n) is 9.37. The largest absolute Gasteiger partial charge is 0.311 e. The summed E-state index contributed by atoms with van der Waals surface area (Å²) < 4.78 is 3.72. The predicted molar refractivity (Wildman–Crippen MR) is 59.6 cm³/mol. The summed E-state index contributed by atoms with van der Waals surface area (Å²) in [6.07, 6.45) is 6.62. The Labute approximate surface area is 94.3 Å². The lowest BCUT2D eigenvalue weighted by Gasteiger charge is -2.04. The third kappa shape index (κ3) is 2.90. The quantitative estimate of drug-likeness (QED) is 0.706. The Kier molecular flexibility index (Phi) is 3.66. The first-order chi connectivity index (χ1) is 7.86. The van der Waals surface area contributed by atoms with Gasteiger partial charge in [-0.05, 0) is 19.0 Å². The van der Waals surface area contributed by atoms with Gasteiger partial charge in [-0.15, -0.1) is 5.10 Å². The van der Waals surface area contributed by atoms with Gasteiger partial charge in [-0.25, -0.2) is 0 Å². The Hall–Kier alpha value is -1.69. The van der Waals surface area contributed by atoms with E-state index < -0.39 is 0 Å². The maximum absolute atomic E-state index is 4.14. The van der Waals surface area contributed by atoms with Crippen LogP contribution >= 0.6 is 0 Å². The van der Waals surface area contributed by atoms with Crippen LogP contribution in [0.5, 0.6) is 0 Å². The smallest absolute Gasteiger partial charge is 0.0738 e. The van der Waals surface area contributed by atoms with Crippen LogP contribution in [0.2, 0.25) is 0 Å².